The molecule has 1 aromatic carbocycles. The first kappa shape index (κ1) is 20.3. The maximum atomic E-state index is 13.2. The van der Waals surface area contributed by atoms with Crippen molar-refractivity contribution in [1.29, 1.82) is 5.26 Å². The van der Waals surface area contributed by atoms with Crippen LogP contribution in [-0.4, -0.2) is 43.1 Å². The van der Waals surface area contributed by atoms with Crippen LogP contribution in [0.4, 0.5) is 0 Å². The topological polar surface area (TPSA) is 85.2 Å². The fourth-order valence-electron chi connectivity index (χ4n) is 4.09. The van der Waals surface area contributed by atoms with E-state index in [4.69, 9.17) is 11.6 Å². The molecule has 2 N–H and O–H groups in total. The second kappa shape index (κ2) is 7.90. The van der Waals surface area contributed by atoms with Gasteiger partial charge in [-0.3, -0.25) is 10.9 Å². The zero-order chi connectivity index (χ0) is 19.8. The van der Waals surface area contributed by atoms with Crippen molar-refractivity contribution in [2.75, 3.05) is 13.1 Å². The van der Waals surface area contributed by atoms with Crippen LogP contribution in [0.25, 0.3) is 5.57 Å². The molecule has 0 spiro atoms. The standard InChI is InChI=1S/C19H25ClN4O2S/c1-12-11-24(27(25,26)19-13(2)22-23-14(19)3)9-8-17(12)18(10-21)15-4-6-16(20)7-5-15/h4-7,12-14,19,22-23H,8-9,11H2,1-3H3/b18-17-. The molecule has 2 fully saturated rings. The summed E-state index contributed by atoms with van der Waals surface area (Å²) in [7, 11) is -3.43. The molecule has 8 heteroatoms. The summed E-state index contributed by atoms with van der Waals surface area (Å²) in [5, 5.41) is 9.82. The molecule has 0 saturated carbocycles. The van der Waals surface area contributed by atoms with Crippen molar-refractivity contribution >= 4 is 27.2 Å². The van der Waals surface area contributed by atoms with Crippen molar-refractivity contribution in [1.82, 2.24) is 15.2 Å². The molecule has 2 heterocycles. The smallest absolute Gasteiger partial charge is 0.220 e. The average molecular weight is 409 g/mol. The zero-order valence-corrected chi connectivity index (χ0v) is 17.3. The highest BCUT2D eigenvalue weighted by molar-refractivity contribution is 7.89. The van der Waals surface area contributed by atoms with Crippen LogP contribution in [-0.2, 0) is 10.0 Å². The van der Waals surface area contributed by atoms with E-state index in [-0.39, 0.29) is 18.0 Å². The molecular formula is C19H25ClN4O2S. The zero-order valence-electron chi connectivity index (χ0n) is 15.7. The molecule has 3 atom stereocenters. The SMILES string of the molecule is CC1CN(S(=O)(=O)C2C(C)NNC2C)CC/C1=C(\C#N)c1ccc(Cl)cc1. The van der Waals surface area contributed by atoms with Crippen LogP contribution in [0.2, 0.25) is 5.02 Å². The summed E-state index contributed by atoms with van der Waals surface area (Å²) < 4.78 is 27.9. The largest absolute Gasteiger partial charge is 0.253 e. The molecule has 6 nitrogen and oxygen atoms in total. The molecule has 0 aromatic heterocycles. The number of hydrogen-bond acceptors (Lipinski definition) is 5. The molecule has 2 aliphatic rings. The van der Waals surface area contributed by atoms with Crippen LogP contribution in [0, 0.1) is 17.2 Å². The quantitative estimate of drug-likeness (QED) is 0.750. The Kier molecular flexibility index (Phi) is 5.94. The Morgan fingerprint density at radius 2 is 1.78 bits per heavy atom. The number of nitriles is 1. The molecular weight excluding hydrogens is 384 g/mol. The van der Waals surface area contributed by atoms with Gasteiger partial charge in [0.25, 0.3) is 0 Å². The highest BCUT2D eigenvalue weighted by Crippen LogP contribution is 2.33. The van der Waals surface area contributed by atoms with Gasteiger partial charge in [-0.25, -0.2) is 12.7 Å². The number of rotatable bonds is 3. The monoisotopic (exact) mass is 408 g/mol. The first-order chi connectivity index (χ1) is 12.8. The van der Waals surface area contributed by atoms with Crippen LogP contribution in [0.1, 0.15) is 32.8 Å². The van der Waals surface area contributed by atoms with Gasteiger partial charge in [0.05, 0.1) is 11.6 Å². The Balaban J connectivity index is 1.85. The third-order valence-electron chi connectivity index (χ3n) is 5.50. The van der Waals surface area contributed by atoms with E-state index >= 15 is 0 Å². The molecule has 0 aliphatic carbocycles. The lowest BCUT2D eigenvalue weighted by atomic mass is 9.87. The van der Waals surface area contributed by atoms with Gasteiger partial charge in [-0.15, -0.1) is 0 Å². The molecule has 2 saturated heterocycles. The Morgan fingerprint density at radius 1 is 1.19 bits per heavy atom. The van der Waals surface area contributed by atoms with Gasteiger partial charge in [0.2, 0.25) is 10.0 Å². The Hall–Kier alpha value is -1.43. The number of hydrazine groups is 1. The summed E-state index contributed by atoms with van der Waals surface area (Å²) >= 11 is 5.95. The van der Waals surface area contributed by atoms with E-state index < -0.39 is 15.3 Å². The summed E-state index contributed by atoms with van der Waals surface area (Å²) in [6.45, 7) is 6.54. The number of hydrogen-bond donors (Lipinski definition) is 2. The van der Waals surface area contributed by atoms with Gasteiger partial charge in [0, 0.05) is 30.2 Å². The molecule has 27 heavy (non-hydrogen) atoms. The minimum atomic E-state index is -3.43. The Bertz CT molecular complexity index is 866. The van der Waals surface area contributed by atoms with Crippen LogP contribution < -0.4 is 10.9 Å². The lowest BCUT2D eigenvalue weighted by Gasteiger charge is -2.35. The summed E-state index contributed by atoms with van der Waals surface area (Å²) in [5.74, 6) is -0.0215. The number of benzene rings is 1. The summed E-state index contributed by atoms with van der Waals surface area (Å²) in [5.41, 5.74) is 8.50. The summed E-state index contributed by atoms with van der Waals surface area (Å²) in [6.07, 6.45) is 0.558. The van der Waals surface area contributed by atoms with E-state index in [1.54, 1.807) is 16.4 Å². The number of allylic oxidation sites excluding steroid dienone is 1. The van der Waals surface area contributed by atoms with Crippen LogP contribution >= 0.6 is 11.6 Å². The minimum Gasteiger partial charge on any atom is -0.253 e. The first-order valence-corrected chi connectivity index (χ1v) is 11.0. The fraction of sp³-hybridized carbons (Fsp3) is 0.526. The van der Waals surface area contributed by atoms with Gasteiger partial charge in [-0.05, 0) is 49.5 Å². The van der Waals surface area contributed by atoms with Gasteiger partial charge < -0.3 is 0 Å². The maximum Gasteiger partial charge on any atom is 0.220 e. The van der Waals surface area contributed by atoms with E-state index in [1.165, 1.54) is 0 Å². The highest BCUT2D eigenvalue weighted by Gasteiger charge is 2.44. The molecule has 3 rings (SSSR count). The fourth-order valence-corrected chi connectivity index (χ4v) is 6.50. The normalized spacial score (nSPS) is 31.5. The Labute approximate surface area is 166 Å². The second-order valence-electron chi connectivity index (χ2n) is 7.40. The van der Waals surface area contributed by atoms with Crippen LogP contribution in [0.15, 0.2) is 29.8 Å². The van der Waals surface area contributed by atoms with Crippen molar-refractivity contribution in [3.8, 4) is 6.07 Å². The molecule has 0 bridgehead atoms. The number of piperidine rings is 1. The lowest BCUT2D eigenvalue weighted by Crippen LogP contribution is -2.50. The molecule has 3 unspecified atom stereocenters. The predicted octanol–water partition coefficient (Wildman–Crippen LogP) is 2.54. The predicted molar refractivity (Wildman–Crippen MR) is 107 cm³/mol. The number of nitrogens with zero attached hydrogens (tertiary/aromatic N) is 2. The van der Waals surface area contributed by atoms with Gasteiger partial charge in [0.1, 0.15) is 5.25 Å². The number of nitrogens with one attached hydrogen (secondary N) is 2. The van der Waals surface area contributed by atoms with Crippen LogP contribution in [0.5, 0.6) is 0 Å². The van der Waals surface area contributed by atoms with E-state index in [9.17, 15) is 13.7 Å². The van der Waals surface area contributed by atoms with Crippen molar-refractivity contribution in [3.63, 3.8) is 0 Å². The van der Waals surface area contributed by atoms with E-state index in [0.29, 0.717) is 30.1 Å². The van der Waals surface area contributed by atoms with E-state index in [2.05, 4.69) is 16.9 Å². The maximum absolute atomic E-state index is 13.2. The van der Waals surface area contributed by atoms with Gasteiger partial charge >= 0.3 is 0 Å². The van der Waals surface area contributed by atoms with Gasteiger partial charge in [-0.1, -0.05) is 30.7 Å². The van der Waals surface area contributed by atoms with E-state index in [0.717, 1.165) is 11.1 Å². The highest BCUT2D eigenvalue weighted by atomic mass is 35.5. The third-order valence-corrected chi connectivity index (χ3v) is 8.30. The van der Waals surface area contributed by atoms with Crippen molar-refractivity contribution in [3.05, 3.63) is 40.4 Å². The van der Waals surface area contributed by atoms with Gasteiger partial charge in [0.15, 0.2) is 0 Å². The molecule has 0 amide bonds. The van der Waals surface area contributed by atoms with Gasteiger partial charge in [-0.2, -0.15) is 5.26 Å². The average Bonchev–Trinajstić information content (AvgIpc) is 2.97. The Morgan fingerprint density at radius 3 is 2.30 bits per heavy atom. The summed E-state index contributed by atoms with van der Waals surface area (Å²) in [4.78, 5) is 0. The van der Waals surface area contributed by atoms with Crippen LogP contribution in [0.3, 0.4) is 0 Å². The lowest BCUT2D eigenvalue weighted by molar-refractivity contribution is 0.330. The minimum absolute atomic E-state index is 0.0215. The van der Waals surface area contributed by atoms with Crippen molar-refractivity contribution in [2.24, 2.45) is 5.92 Å². The number of halogens is 1. The van der Waals surface area contributed by atoms with Crippen molar-refractivity contribution < 1.29 is 8.42 Å². The van der Waals surface area contributed by atoms with Crippen molar-refractivity contribution in [2.45, 2.75) is 44.5 Å². The molecule has 2 aliphatic heterocycles. The molecule has 146 valence electrons. The number of sulfonamides is 1. The summed E-state index contributed by atoms with van der Waals surface area (Å²) in [6, 6.07) is 9.21. The third kappa shape index (κ3) is 3.91. The first-order valence-electron chi connectivity index (χ1n) is 9.14. The second-order valence-corrected chi connectivity index (χ2v) is 9.93. The molecule has 1 aromatic rings. The molecule has 0 radical (unpaired) electrons. The van der Waals surface area contributed by atoms with E-state index in [1.807, 2.05) is 32.9 Å².